The Kier molecular flexibility index (Phi) is 7.06. The van der Waals surface area contributed by atoms with E-state index in [2.05, 4.69) is 15.9 Å². The summed E-state index contributed by atoms with van der Waals surface area (Å²) in [6, 6.07) is 11.7. The average molecular weight is 473 g/mol. The van der Waals surface area contributed by atoms with E-state index in [4.69, 9.17) is 27.9 Å². The predicted octanol–water partition coefficient (Wildman–Crippen LogP) is 5.78. The number of hydrogen-bond donors (Lipinski definition) is 0. The van der Waals surface area contributed by atoms with Gasteiger partial charge in [0.1, 0.15) is 0 Å². The molecule has 1 saturated heterocycles. The molecule has 0 aromatic heterocycles. The van der Waals surface area contributed by atoms with Gasteiger partial charge in [-0.3, -0.25) is 4.79 Å². The van der Waals surface area contributed by atoms with E-state index in [-0.39, 0.29) is 5.91 Å². The van der Waals surface area contributed by atoms with Gasteiger partial charge in [0, 0.05) is 33.4 Å². The Hall–Kier alpha value is -0.980. The van der Waals surface area contributed by atoms with E-state index in [1.165, 1.54) is 17.8 Å². The second-order valence-electron chi connectivity index (χ2n) is 5.58. The van der Waals surface area contributed by atoms with Gasteiger partial charge in [-0.1, -0.05) is 53.2 Å². The van der Waals surface area contributed by atoms with E-state index in [1.54, 1.807) is 11.0 Å². The number of benzene rings is 2. The summed E-state index contributed by atoms with van der Waals surface area (Å²) < 4.78 is 6.25. The number of ether oxygens (including phenoxy) is 1. The van der Waals surface area contributed by atoms with Gasteiger partial charge < -0.3 is 9.64 Å². The van der Waals surface area contributed by atoms with Crippen molar-refractivity contribution in [3.05, 3.63) is 62.6 Å². The summed E-state index contributed by atoms with van der Waals surface area (Å²) in [6.07, 6.45) is 3.24. The number of morpholine rings is 1. The molecule has 2 aromatic carbocycles. The molecule has 1 heterocycles. The highest BCUT2D eigenvalue weighted by Crippen LogP contribution is 2.41. The number of rotatable bonds is 4. The lowest BCUT2D eigenvalue weighted by molar-refractivity contribution is -0.129. The standard InChI is InChI=1S/C19H16BrCl2NO2S/c20-14-3-1-2-4-15(14)26-16-7-5-13(18(21)19(16)22)6-8-17(24)23-9-11-25-12-10-23/h1-8H,9-12H2/b8-6+. The first-order valence-electron chi connectivity index (χ1n) is 8.01. The third-order valence-electron chi connectivity index (χ3n) is 3.86. The Morgan fingerprint density at radius 2 is 1.81 bits per heavy atom. The molecular weight excluding hydrogens is 457 g/mol. The van der Waals surface area contributed by atoms with Gasteiger partial charge in [-0.05, 0) is 45.8 Å². The number of halogens is 3. The van der Waals surface area contributed by atoms with Crippen LogP contribution in [0.15, 0.2) is 56.7 Å². The van der Waals surface area contributed by atoms with Crippen LogP contribution in [0.2, 0.25) is 10.0 Å². The number of carbonyl (C=O) groups is 1. The van der Waals surface area contributed by atoms with Crippen molar-refractivity contribution in [2.45, 2.75) is 9.79 Å². The van der Waals surface area contributed by atoms with Crippen molar-refractivity contribution in [3.63, 3.8) is 0 Å². The summed E-state index contributed by atoms with van der Waals surface area (Å²) in [6.45, 7) is 2.37. The smallest absolute Gasteiger partial charge is 0.246 e. The Morgan fingerprint density at radius 1 is 1.08 bits per heavy atom. The van der Waals surface area contributed by atoms with Gasteiger partial charge in [0.2, 0.25) is 5.91 Å². The van der Waals surface area contributed by atoms with Crippen LogP contribution in [-0.4, -0.2) is 37.1 Å². The first-order valence-corrected chi connectivity index (χ1v) is 10.4. The first kappa shape index (κ1) is 19.8. The molecule has 1 fully saturated rings. The zero-order valence-electron chi connectivity index (χ0n) is 13.8. The van der Waals surface area contributed by atoms with Crippen molar-refractivity contribution in [3.8, 4) is 0 Å². The van der Waals surface area contributed by atoms with E-state index < -0.39 is 0 Å². The minimum absolute atomic E-state index is 0.0489. The van der Waals surface area contributed by atoms with Crippen LogP contribution in [0.1, 0.15) is 5.56 Å². The normalized spacial score (nSPS) is 14.8. The summed E-state index contributed by atoms with van der Waals surface area (Å²) in [5.41, 5.74) is 0.717. The zero-order chi connectivity index (χ0) is 18.5. The predicted molar refractivity (Wildman–Crippen MR) is 111 cm³/mol. The Bertz CT molecular complexity index is 838. The minimum atomic E-state index is -0.0489. The van der Waals surface area contributed by atoms with E-state index in [9.17, 15) is 4.79 Å². The monoisotopic (exact) mass is 471 g/mol. The van der Waals surface area contributed by atoms with Crippen LogP contribution >= 0.6 is 50.9 Å². The van der Waals surface area contributed by atoms with Crippen LogP contribution in [0.4, 0.5) is 0 Å². The van der Waals surface area contributed by atoms with Crippen molar-refractivity contribution in [1.29, 1.82) is 0 Å². The molecule has 26 heavy (non-hydrogen) atoms. The second kappa shape index (κ2) is 9.29. The van der Waals surface area contributed by atoms with E-state index in [0.29, 0.717) is 36.3 Å². The van der Waals surface area contributed by atoms with Crippen LogP contribution in [0.3, 0.4) is 0 Å². The summed E-state index contributed by atoms with van der Waals surface area (Å²) in [5, 5.41) is 0.920. The van der Waals surface area contributed by atoms with Gasteiger partial charge in [-0.25, -0.2) is 0 Å². The van der Waals surface area contributed by atoms with Crippen molar-refractivity contribution in [1.82, 2.24) is 4.90 Å². The van der Waals surface area contributed by atoms with Crippen molar-refractivity contribution in [2.75, 3.05) is 26.3 Å². The van der Waals surface area contributed by atoms with Crippen LogP contribution in [0.5, 0.6) is 0 Å². The van der Waals surface area contributed by atoms with Gasteiger partial charge in [-0.15, -0.1) is 0 Å². The molecule has 0 bridgehead atoms. The highest BCUT2D eigenvalue weighted by molar-refractivity contribution is 9.10. The highest BCUT2D eigenvalue weighted by atomic mass is 79.9. The number of amides is 1. The molecule has 1 aliphatic rings. The molecule has 0 unspecified atom stereocenters. The molecular formula is C19H16BrCl2NO2S. The summed E-state index contributed by atoms with van der Waals surface area (Å²) in [7, 11) is 0. The Morgan fingerprint density at radius 3 is 2.54 bits per heavy atom. The molecule has 3 nitrogen and oxygen atoms in total. The fraction of sp³-hybridized carbons (Fsp3) is 0.211. The quantitative estimate of drug-likeness (QED) is 0.528. The summed E-state index contributed by atoms with van der Waals surface area (Å²) >= 11 is 17.9. The van der Waals surface area contributed by atoms with Gasteiger partial charge in [0.15, 0.2) is 0 Å². The number of hydrogen-bond acceptors (Lipinski definition) is 3. The van der Waals surface area contributed by atoms with Gasteiger partial charge in [0.05, 0.1) is 23.3 Å². The first-order chi connectivity index (χ1) is 12.6. The van der Waals surface area contributed by atoms with Crippen LogP contribution in [0, 0.1) is 0 Å². The third-order valence-corrected chi connectivity index (χ3v) is 6.96. The minimum Gasteiger partial charge on any atom is -0.378 e. The maximum absolute atomic E-state index is 12.2. The largest absolute Gasteiger partial charge is 0.378 e. The van der Waals surface area contributed by atoms with Gasteiger partial charge >= 0.3 is 0 Å². The zero-order valence-corrected chi connectivity index (χ0v) is 17.7. The van der Waals surface area contributed by atoms with Crippen molar-refractivity contribution >= 4 is 62.9 Å². The van der Waals surface area contributed by atoms with E-state index in [1.807, 2.05) is 36.4 Å². The Labute approximate surface area is 175 Å². The summed E-state index contributed by atoms with van der Waals surface area (Å²) in [4.78, 5) is 15.9. The van der Waals surface area contributed by atoms with Gasteiger partial charge in [0.25, 0.3) is 0 Å². The highest BCUT2D eigenvalue weighted by Gasteiger charge is 2.15. The van der Waals surface area contributed by atoms with E-state index in [0.717, 1.165) is 19.8 Å². The molecule has 0 spiro atoms. The average Bonchev–Trinajstić information content (AvgIpc) is 2.67. The van der Waals surface area contributed by atoms with Crippen LogP contribution in [-0.2, 0) is 9.53 Å². The molecule has 0 atom stereocenters. The fourth-order valence-corrected chi connectivity index (χ4v) is 4.43. The lowest BCUT2D eigenvalue weighted by Gasteiger charge is -2.25. The SMILES string of the molecule is O=C(/C=C/c1ccc(Sc2ccccc2Br)c(Cl)c1Cl)N1CCOCC1. The second-order valence-corrected chi connectivity index (χ2v) is 8.28. The molecule has 0 aliphatic carbocycles. The molecule has 0 radical (unpaired) electrons. The molecule has 2 aromatic rings. The molecule has 1 amide bonds. The van der Waals surface area contributed by atoms with Crippen LogP contribution < -0.4 is 0 Å². The van der Waals surface area contributed by atoms with E-state index >= 15 is 0 Å². The molecule has 0 saturated carbocycles. The maximum atomic E-state index is 12.2. The molecule has 7 heteroatoms. The fourth-order valence-electron chi connectivity index (χ4n) is 2.45. The third kappa shape index (κ3) is 4.84. The number of carbonyl (C=O) groups excluding carboxylic acids is 1. The number of nitrogens with zero attached hydrogens (tertiary/aromatic N) is 1. The van der Waals surface area contributed by atoms with Crippen LogP contribution in [0.25, 0.3) is 6.08 Å². The molecule has 136 valence electrons. The van der Waals surface area contributed by atoms with Gasteiger partial charge in [-0.2, -0.15) is 0 Å². The topological polar surface area (TPSA) is 29.5 Å². The summed E-state index contributed by atoms with van der Waals surface area (Å²) in [5.74, 6) is -0.0489. The lowest BCUT2D eigenvalue weighted by Crippen LogP contribution is -2.39. The Balaban J connectivity index is 1.75. The van der Waals surface area contributed by atoms with Crippen molar-refractivity contribution < 1.29 is 9.53 Å². The molecule has 3 rings (SSSR count). The van der Waals surface area contributed by atoms with Crippen molar-refractivity contribution in [2.24, 2.45) is 0 Å². The lowest BCUT2D eigenvalue weighted by atomic mass is 10.2. The molecule has 1 aliphatic heterocycles. The molecule has 0 N–H and O–H groups in total. The maximum Gasteiger partial charge on any atom is 0.246 e.